The molecule has 0 unspecified atom stereocenters. The highest BCUT2D eigenvalue weighted by atomic mass is 32.2. The van der Waals surface area contributed by atoms with Crippen LogP contribution in [-0.4, -0.2) is 56.1 Å². The lowest BCUT2D eigenvalue weighted by Gasteiger charge is -2.26. The number of rotatable bonds is 6. The van der Waals surface area contributed by atoms with Crippen molar-refractivity contribution in [2.24, 2.45) is 5.73 Å². The van der Waals surface area contributed by atoms with E-state index >= 15 is 0 Å². The minimum absolute atomic E-state index is 0.272. The van der Waals surface area contributed by atoms with E-state index in [0.29, 0.717) is 24.7 Å². The van der Waals surface area contributed by atoms with Crippen molar-refractivity contribution in [2.75, 3.05) is 37.7 Å². The summed E-state index contributed by atoms with van der Waals surface area (Å²) in [5.74, 6) is 1.33. The molecule has 0 amide bonds. The van der Waals surface area contributed by atoms with E-state index in [1.165, 1.54) is 0 Å². The molecule has 1 aliphatic heterocycles. The van der Waals surface area contributed by atoms with Gasteiger partial charge in [0.25, 0.3) is 0 Å². The second-order valence-electron chi connectivity index (χ2n) is 5.08. The highest BCUT2D eigenvalue weighted by Gasteiger charge is 2.20. The van der Waals surface area contributed by atoms with Crippen molar-refractivity contribution in [3.05, 3.63) is 29.8 Å². The van der Waals surface area contributed by atoms with Crippen LogP contribution in [0.2, 0.25) is 0 Å². The molecule has 1 aromatic carbocycles. The number of benzene rings is 1. The molecule has 2 N–H and O–H groups in total. The molecule has 0 bridgehead atoms. The van der Waals surface area contributed by atoms with Crippen LogP contribution in [0.4, 0.5) is 0 Å². The maximum absolute atomic E-state index is 11.3. The Morgan fingerprint density at radius 3 is 2.43 bits per heavy atom. The molecule has 5 nitrogen and oxygen atoms in total. The molecule has 0 atom stereocenters. The fourth-order valence-corrected chi connectivity index (χ4v) is 3.58. The van der Waals surface area contributed by atoms with Gasteiger partial charge in [0.15, 0.2) is 9.84 Å². The van der Waals surface area contributed by atoms with Crippen LogP contribution in [0.25, 0.3) is 0 Å². The molecule has 1 aliphatic rings. The molecular weight excluding hydrogens is 308 g/mol. The fraction of sp³-hybridized carbons (Fsp3) is 0.500. The zero-order valence-corrected chi connectivity index (χ0v) is 13.5. The van der Waals surface area contributed by atoms with Gasteiger partial charge in [-0.2, -0.15) is 0 Å². The Bertz CT molecular complexity index is 571. The molecule has 0 radical (unpaired) electrons. The van der Waals surface area contributed by atoms with Crippen LogP contribution in [0.15, 0.2) is 24.3 Å². The van der Waals surface area contributed by atoms with Gasteiger partial charge in [0.05, 0.1) is 18.1 Å². The second-order valence-corrected chi connectivity index (χ2v) is 7.83. The molecule has 7 heteroatoms. The zero-order valence-electron chi connectivity index (χ0n) is 11.8. The third kappa shape index (κ3) is 5.26. The Morgan fingerprint density at radius 1 is 1.24 bits per heavy atom. The average molecular weight is 328 g/mol. The lowest BCUT2D eigenvalue weighted by atomic mass is 10.2. The van der Waals surface area contributed by atoms with Gasteiger partial charge in [0.1, 0.15) is 10.7 Å². The van der Waals surface area contributed by atoms with Crippen molar-refractivity contribution in [3.8, 4) is 5.75 Å². The van der Waals surface area contributed by atoms with E-state index < -0.39 is 9.84 Å². The minimum atomic E-state index is -2.79. The first kappa shape index (κ1) is 16.2. The Labute approximate surface area is 131 Å². The Kier molecular flexibility index (Phi) is 5.55. The van der Waals surface area contributed by atoms with Crippen molar-refractivity contribution in [3.63, 3.8) is 0 Å². The SMILES string of the molecule is NC(=S)c1ccc(OCCCN2CCS(=O)(=O)CC2)cc1. The summed E-state index contributed by atoms with van der Waals surface area (Å²) in [5, 5.41) is 0. The molecule has 1 saturated heterocycles. The predicted molar refractivity (Wildman–Crippen MR) is 87.5 cm³/mol. The summed E-state index contributed by atoms with van der Waals surface area (Å²) in [5.41, 5.74) is 6.36. The molecule has 21 heavy (non-hydrogen) atoms. The lowest BCUT2D eigenvalue weighted by molar-refractivity contribution is 0.246. The van der Waals surface area contributed by atoms with Crippen molar-refractivity contribution in [2.45, 2.75) is 6.42 Å². The van der Waals surface area contributed by atoms with Gasteiger partial charge in [-0.3, -0.25) is 0 Å². The Morgan fingerprint density at radius 2 is 1.86 bits per heavy atom. The van der Waals surface area contributed by atoms with E-state index in [1.807, 2.05) is 24.3 Å². The second kappa shape index (κ2) is 7.20. The summed E-state index contributed by atoms with van der Waals surface area (Å²) in [6.45, 7) is 2.73. The van der Waals surface area contributed by atoms with Crippen LogP contribution in [0.1, 0.15) is 12.0 Å². The van der Waals surface area contributed by atoms with Gasteiger partial charge in [0.2, 0.25) is 0 Å². The topological polar surface area (TPSA) is 72.6 Å². The summed E-state index contributed by atoms with van der Waals surface area (Å²) in [4.78, 5) is 2.54. The van der Waals surface area contributed by atoms with Gasteiger partial charge >= 0.3 is 0 Å². The van der Waals surface area contributed by atoms with Crippen molar-refractivity contribution in [1.29, 1.82) is 0 Å². The third-order valence-corrected chi connectivity index (χ3v) is 5.31. The van der Waals surface area contributed by atoms with E-state index in [4.69, 9.17) is 22.7 Å². The van der Waals surface area contributed by atoms with E-state index in [0.717, 1.165) is 24.3 Å². The zero-order chi connectivity index (χ0) is 15.3. The van der Waals surface area contributed by atoms with Crippen molar-refractivity contribution < 1.29 is 13.2 Å². The summed E-state index contributed by atoms with van der Waals surface area (Å²) in [7, 11) is -2.79. The fourth-order valence-electron chi connectivity index (χ4n) is 2.17. The quantitative estimate of drug-likeness (QED) is 0.616. The summed E-state index contributed by atoms with van der Waals surface area (Å²) >= 11 is 4.89. The van der Waals surface area contributed by atoms with Crippen LogP contribution >= 0.6 is 12.2 Å². The van der Waals surface area contributed by atoms with Crippen LogP contribution in [0.3, 0.4) is 0 Å². The Hall–Kier alpha value is -1.18. The first-order chi connectivity index (χ1) is 9.96. The number of hydrogen-bond acceptors (Lipinski definition) is 5. The van der Waals surface area contributed by atoms with E-state index in [9.17, 15) is 8.42 Å². The number of hydrogen-bond donors (Lipinski definition) is 1. The van der Waals surface area contributed by atoms with E-state index in [1.54, 1.807) is 0 Å². The van der Waals surface area contributed by atoms with Crippen LogP contribution in [-0.2, 0) is 9.84 Å². The minimum Gasteiger partial charge on any atom is -0.494 e. The molecule has 116 valence electrons. The van der Waals surface area contributed by atoms with Gasteiger partial charge in [0, 0.05) is 25.2 Å². The molecular formula is C14H20N2O3S2. The van der Waals surface area contributed by atoms with E-state index in [-0.39, 0.29) is 11.5 Å². The Balaban J connectivity index is 1.67. The molecule has 0 spiro atoms. The van der Waals surface area contributed by atoms with Crippen molar-refractivity contribution in [1.82, 2.24) is 4.90 Å². The summed E-state index contributed by atoms with van der Waals surface area (Å²) in [6, 6.07) is 7.38. The number of thiocarbonyl (C=S) groups is 1. The van der Waals surface area contributed by atoms with Crippen LogP contribution < -0.4 is 10.5 Å². The normalized spacial score (nSPS) is 18.3. The van der Waals surface area contributed by atoms with Gasteiger partial charge in [-0.15, -0.1) is 0 Å². The maximum atomic E-state index is 11.3. The van der Waals surface area contributed by atoms with Crippen molar-refractivity contribution >= 4 is 27.0 Å². The third-order valence-electron chi connectivity index (χ3n) is 3.46. The molecule has 1 aromatic rings. The van der Waals surface area contributed by atoms with Gasteiger partial charge in [-0.25, -0.2) is 8.42 Å². The maximum Gasteiger partial charge on any atom is 0.152 e. The average Bonchev–Trinajstić information content (AvgIpc) is 2.45. The standard InChI is InChI=1S/C14H20N2O3S2/c15-14(20)12-2-4-13(5-3-12)19-9-1-6-16-7-10-21(17,18)11-8-16/h2-5H,1,6-11H2,(H2,15,20). The van der Waals surface area contributed by atoms with Gasteiger partial charge in [-0.1, -0.05) is 12.2 Å². The molecule has 0 aliphatic carbocycles. The van der Waals surface area contributed by atoms with Gasteiger partial charge in [-0.05, 0) is 30.7 Å². The monoisotopic (exact) mass is 328 g/mol. The molecule has 1 fully saturated rings. The highest BCUT2D eigenvalue weighted by Crippen LogP contribution is 2.12. The van der Waals surface area contributed by atoms with E-state index in [2.05, 4.69) is 4.90 Å². The lowest BCUT2D eigenvalue weighted by Crippen LogP contribution is -2.40. The number of sulfone groups is 1. The molecule has 1 heterocycles. The smallest absolute Gasteiger partial charge is 0.152 e. The number of nitrogens with zero attached hydrogens (tertiary/aromatic N) is 1. The summed E-state index contributed by atoms with van der Waals surface area (Å²) < 4.78 is 28.3. The van der Waals surface area contributed by atoms with Gasteiger partial charge < -0.3 is 15.4 Å². The van der Waals surface area contributed by atoms with Crippen LogP contribution in [0.5, 0.6) is 5.75 Å². The highest BCUT2D eigenvalue weighted by molar-refractivity contribution is 7.91. The predicted octanol–water partition coefficient (Wildman–Crippen LogP) is 0.820. The summed E-state index contributed by atoms with van der Waals surface area (Å²) in [6.07, 6.45) is 0.872. The molecule has 2 rings (SSSR count). The van der Waals surface area contributed by atoms with Crippen LogP contribution in [0, 0.1) is 0 Å². The molecule has 0 aromatic heterocycles. The first-order valence-electron chi connectivity index (χ1n) is 6.92. The number of nitrogens with two attached hydrogens (primary N) is 1. The number of ether oxygens (including phenoxy) is 1. The largest absolute Gasteiger partial charge is 0.494 e. The first-order valence-corrected chi connectivity index (χ1v) is 9.15. The molecule has 0 saturated carbocycles.